The monoisotopic (exact) mass is 366 g/mol. The summed E-state index contributed by atoms with van der Waals surface area (Å²) < 4.78 is 5.25. The van der Waals surface area contributed by atoms with Crippen LogP contribution < -0.4 is 10.1 Å². The fourth-order valence-corrected chi connectivity index (χ4v) is 3.39. The van der Waals surface area contributed by atoms with Crippen molar-refractivity contribution >= 4 is 17.8 Å². The number of nitrogens with one attached hydrogen (secondary N) is 1. The Morgan fingerprint density at radius 1 is 1.30 bits per heavy atom. The minimum Gasteiger partial charge on any atom is -0.497 e. The molecular weight excluding hydrogens is 340 g/mol. The molecule has 1 aliphatic rings. The van der Waals surface area contributed by atoms with Crippen molar-refractivity contribution in [3.8, 4) is 5.75 Å². The van der Waals surface area contributed by atoms with E-state index in [4.69, 9.17) is 4.74 Å². The zero-order valence-corrected chi connectivity index (χ0v) is 16.1. The van der Waals surface area contributed by atoms with Crippen LogP contribution in [0.4, 0.5) is 5.69 Å². The molecule has 2 heterocycles. The van der Waals surface area contributed by atoms with Crippen molar-refractivity contribution in [1.29, 1.82) is 0 Å². The lowest BCUT2D eigenvalue weighted by atomic mass is 9.88. The average molecular weight is 366 g/mol. The Morgan fingerprint density at radius 2 is 2.07 bits per heavy atom. The van der Waals surface area contributed by atoms with Crippen molar-refractivity contribution in [1.82, 2.24) is 15.2 Å². The lowest BCUT2D eigenvalue weighted by Gasteiger charge is -2.29. The van der Waals surface area contributed by atoms with Crippen molar-refractivity contribution < 1.29 is 9.53 Å². The van der Waals surface area contributed by atoms with E-state index in [0.717, 1.165) is 32.2 Å². The highest BCUT2D eigenvalue weighted by Gasteiger charge is 2.19. The average Bonchev–Trinajstić information content (AvgIpc) is 2.72. The van der Waals surface area contributed by atoms with Crippen molar-refractivity contribution in [2.24, 2.45) is 4.99 Å². The number of amidine groups is 1. The summed E-state index contributed by atoms with van der Waals surface area (Å²) >= 11 is 0. The van der Waals surface area contributed by atoms with Gasteiger partial charge in [0.05, 0.1) is 12.8 Å². The number of hydrogen-bond acceptors (Lipinski definition) is 5. The molecule has 6 heteroatoms. The van der Waals surface area contributed by atoms with E-state index in [2.05, 4.69) is 33.3 Å². The van der Waals surface area contributed by atoms with Crippen LogP contribution in [0, 0.1) is 0 Å². The predicted molar refractivity (Wildman–Crippen MR) is 107 cm³/mol. The molecule has 1 aromatic carbocycles. The van der Waals surface area contributed by atoms with Gasteiger partial charge in [-0.15, -0.1) is 0 Å². The van der Waals surface area contributed by atoms with Crippen molar-refractivity contribution in [2.45, 2.75) is 18.8 Å². The Bertz CT molecular complexity index is 827. The van der Waals surface area contributed by atoms with Gasteiger partial charge in [0, 0.05) is 24.9 Å². The molecule has 1 N–H and O–H groups in total. The third-order valence-electron chi connectivity index (χ3n) is 5.05. The summed E-state index contributed by atoms with van der Waals surface area (Å²) in [5.74, 6) is 1.79. The molecule has 0 radical (unpaired) electrons. The van der Waals surface area contributed by atoms with Gasteiger partial charge >= 0.3 is 0 Å². The van der Waals surface area contributed by atoms with E-state index in [1.54, 1.807) is 26.4 Å². The smallest absolute Gasteiger partial charge is 0.152 e. The van der Waals surface area contributed by atoms with E-state index in [0.29, 0.717) is 34.4 Å². The maximum Gasteiger partial charge on any atom is 0.152 e. The van der Waals surface area contributed by atoms with Gasteiger partial charge in [0.25, 0.3) is 0 Å². The molecule has 0 atom stereocenters. The van der Waals surface area contributed by atoms with Crippen LogP contribution in [0.3, 0.4) is 0 Å². The second-order valence-corrected chi connectivity index (χ2v) is 6.80. The van der Waals surface area contributed by atoms with Crippen molar-refractivity contribution in [2.75, 3.05) is 34.3 Å². The standard InChI is InChI=1S/C21H26N4O2/c1-22-21(20-13-18(27-3)6-9-23-20)24-19-5-4-16(12-17(19)14-26)15-7-10-25(2)11-8-15/h4-6,9,12-15H,7-8,10-11H2,1-3H3,(H,22,24). The molecule has 1 aromatic heterocycles. The van der Waals surface area contributed by atoms with Gasteiger partial charge in [-0.3, -0.25) is 9.78 Å². The topological polar surface area (TPSA) is 66.8 Å². The molecule has 0 unspecified atom stereocenters. The molecule has 0 spiro atoms. The lowest BCUT2D eigenvalue weighted by Crippen LogP contribution is -2.29. The summed E-state index contributed by atoms with van der Waals surface area (Å²) in [6, 6.07) is 9.59. The van der Waals surface area contributed by atoms with Crippen molar-refractivity contribution in [3.63, 3.8) is 0 Å². The number of likely N-dealkylation sites (tertiary alicyclic amines) is 1. The molecule has 142 valence electrons. The van der Waals surface area contributed by atoms with Crippen LogP contribution in [0.5, 0.6) is 5.75 Å². The van der Waals surface area contributed by atoms with E-state index in [1.165, 1.54) is 5.56 Å². The summed E-state index contributed by atoms with van der Waals surface area (Å²) in [5, 5.41) is 3.06. The van der Waals surface area contributed by atoms with Crippen LogP contribution in [0.1, 0.15) is 40.4 Å². The number of aldehydes is 1. The highest BCUT2D eigenvalue weighted by molar-refractivity contribution is 6.00. The quantitative estimate of drug-likeness (QED) is 0.501. The summed E-state index contributed by atoms with van der Waals surface area (Å²) in [4.78, 5) is 23.0. The molecule has 0 saturated carbocycles. The molecule has 6 nitrogen and oxygen atoms in total. The van der Waals surface area contributed by atoms with Gasteiger partial charge in [0.15, 0.2) is 12.1 Å². The number of aromatic nitrogens is 1. The molecule has 2 aromatic rings. The molecule has 1 saturated heterocycles. The number of methoxy groups -OCH3 is 1. The van der Waals surface area contributed by atoms with Gasteiger partial charge in [-0.2, -0.15) is 0 Å². The fourth-order valence-electron chi connectivity index (χ4n) is 3.39. The summed E-state index contributed by atoms with van der Waals surface area (Å²) in [7, 11) is 5.55. The van der Waals surface area contributed by atoms with Gasteiger partial charge in [-0.1, -0.05) is 6.07 Å². The lowest BCUT2D eigenvalue weighted by molar-refractivity contribution is 0.112. The van der Waals surface area contributed by atoms with Gasteiger partial charge < -0.3 is 15.0 Å². The number of hydrogen-bond donors (Lipinski definition) is 1. The fraction of sp³-hybridized carbons (Fsp3) is 0.381. The minimum absolute atomic E-state index is 0.502. The van der Waals surface area contributed by atoms with Crippen LogP contribution in [-0.2, 0) is 0 Å². The number of carbonyl (C=O) groups excluding carboxylic acids is 1. The third-order valence-corrected chi connectivity index (χ3v) is 5.05. The first kappa shape index (κ1) is 19.0. The zero-order valence-electron chi connectivity index (χ0n) is 16.1. The summed E-state index contributed by atoms with van der Waals surface area (Å²) in [6.45, 7) is 2.18. The Labute approximate surface area is 160 Å². The van der Waals surface area contributed by atoms with Gasteiger partial charge in [-0.25, -0.2) is 4.99 Å². The van der Waals surface area contributed by atoms with Crippen LogP contribution in [0.25, 0.3) is 0 Å². The molecule has 0 aliphatic carbocycles. The Balaban J connectivity index is 1.90. The summed E-state index contributed by atoms with van der Waals surface area (Å²) in [5.41, 5.74) is 3.11. The minimum atomic E-state index is 0.502. The number of rotatable bonds is 5. The van der Waals surface area contributed by atoms with Gasteiger partial charge in [0.1, 0.15) is 11.4 Å². The number of aliphatic imine (C=N–C) groups is 1. The normalized spacial score (nSPS) is 16.2. The molecular formula is C21H26N4O2. The van der Waals surface area contributed by atoms with Crippen LogP contribution >= 0.6 is 0 Å². The molecule has 27 heavy (non-hydrogen) atoms. The molecule has 0 amide bonds. The predicted octanol–water partition coefficient (Wildman–Crippen LogP) is 3.01. The van der Waals surface area contributed by atoms with Gasteiger partial charge in [-0.05, 0) is 62.7 Å². The largest absolute Gasteiger partial charge is 0.497 e. The van der Waals surface area contributed by atoms with Gasteiger partial charge in [0.2, 0.25) is 0 Å². The maximum absolute atomic E-state index is 11.7. The number of piperidine rings is 1. The van der Waals surface area contributed by atoms with Crippen LogP contribution in [0.15, 0.2) is 41.5 Å². The Hall–Kier alpha value is -2.73. The second kappa shape index (κ2) is 8.77. The second-order valence-electron chi connectivity index (χ2n) is 6.80. The Morgan fingerprint density at radius 3 is 2.74 bits per heavy atom. The highest BCUT2D eigenvalue weighted by atomic mass is 16.5. The number of pyridine rings is 1. The van der Waals surface area contributed by atoms with E-state index < -0.39 is 0 Å². The molecule has 1 fully saturated rings. The zero-order chi connectivity index (χ0) is 19.2. The first-order valence-corrected chi connectivity index (χ1v) is 9.19. The SMILES string of the molecule is CN/C(=N\c1ccc(C2CCN(C)CC2)cc1C=O)c1cc(OC)ccn1. The van der Waals surface area contributed by atoms with E-state index in [9.17, 15) is 4.79 Å². The molecule has 0 bridgehead atoms. The number of ether oxygens (including phenoxy) is 1. The van der Waals surface area contributed by atoms with Crippen LogP contribution in [-0.4, -0.2) is 56.3 Å². The Kier molecular flexibility index (Phi) is 6.19. The number of nitrogens with zero attached hydrogens (tertiary/aromatic N) is 3. The number of carbonyl (C=O) groups is 1. The molecule has 3 rings (SSSR count). The first-order valence-electron chi connectivity index (χ1n) is 9.19. The van der Waals surface area contributed by atoms with Crippen LogP contribution in [0.2, 0.25) is 0 Å². The maximum atomic E-state index is 11.7. The van der Waals surface area contributed by atoms with E-state index in [-0.39, 0.29) is 0 Å². The summed E-state index contributed by atoms with van der Waals surface area (Å²) in [6.07, 6.45) is 4.79. The number of benzene rings is 1. The van der Waals surface area contributed by atoms with E-state index in [1.807, 2.05) is 18.2 Å². The van der Waals surface area contributed by atoms with E-state index >= 15 is 0 Å². The molecule has 1 aliphatic heterocycles. The van der Waals surface area contributed by atoms with Crippen molar-refractivity contribution in [3.05, 3.63) is 53.3 Å². The first-order chi connectivity index (χ1) is 13.1. The third kappa shape index (κ3) is 4.52. The highest BCUT2D eigenvalue weighted by Crippen LogP contribution is 2.30.